The molecule has 2 atom stereocenters. The van der Waals surface area contributed by atoms with Crippen LogP contribution in [0.1, 0.15) is 24.3 Å². The molecular formula is C30H24F2N6O5S. The van der Waals surface area contributed by atoms with E-state index in [2.05, 4.69) is 14.7 Å². The summed E-state index contributed by atoms with van der Waals surface area (Å²) < 4.78 is 65.3. The van der Waals surface area contributed by atoms with Crippen LogP contribution in [0.3, 0.4) is 0 Å². The summed E-state index contributed by atoms with van der Waals surface area (Å²) >= 11 is -2.26. The van der Waals surface area contributed by atoms with Gasteiger partial charge in [-0.05, 0) is 55.0 Å². The number of methoxy groups -OCH3 is 1. The first-order valence-corrected chi connectivity index (χ1v) is 14.3. The number of anilines is 1. The predicted octanol–water partition coefficient (Wildman–Crippen LogP) is 4.97. The lowest BCUT2D eigenvalue weighted by Crippen LogP contribution is -2.17. The smallest absolute Gasteiger partial charge is 0.232 e. The van der Waals surface area contributed by atoms with Gasteiger partial charge in [-0.15, -0.1) is 0 Å². The van der Waals surface area contributed by atoms with E-state index >= 15 is 0 Å². The number of hydrogen-bond donors (Lipinski definition) is 3. The lowest BCUT2D eigenvalue weighted by Gasteiger charge is -2.17. The fraction of sp³-hybridized carbons (Fsp3) is 0.133. The lowest BCUT2D eigenvalue weighted by molar-refractivity contribution is 0.409. The average Bonchev–Trinajstić information content (AvgIpc) is 3.40. The van der Waals surface area contributed by atoms with Crippen molar-refractivity contribution in [2.75, 3.05) is 12.8 Å². The van der Waals surface area contributed by atoms with E-state index in [4.69, 9.17) is 20.0 Å². The van der Waals surface area contributed by atoms with Crippen LogP contribution in [-0.4, -0.2) is 35.6 Å². The van der Waals surface area contributed by atoms with Crippen LogP contribution in [0.15, 0.2) is 76.2 Å². The molecule has 11 nitrogen and oxygen atoms in total. The van der Waals surface area contributed by atoms with Crippen molar-refractivity contribution < 1.29 is 26.7 Å². The first-order valence-electron chi connectivity index (χ1n) is 13.2. The zero-order chi connectivity index (χ0) is 31.1. The Morgan fingerprint density at radius 3 is 2.64 bits per heavy atom. The van der Waals surface area contributed by atoms with Gasteiger partial charge in [0.15, 0.2) is 5.65 Å². The van der Waals surface area contributed by atoms with E-state index in [1.54, 1.807) is 25.1 Å². The topological polar surface area (TPSA) is 158 Å². The Kier molecular flexibility index (Phi) is 7.63. The molecule has 0 radical (unpaired) electrons. The molecule has 0 saturated carbocycles. The van der Waals surface area contributed by atoms with Gasteiger partial charge in [0.1, 0.15) is 58.0 Å². The molecule has 0 aliphatic heterocycles. The molecule has 44 heavy (non-hydrogen) atoms. The molecule has 6 rings (SSSR count). The van der Waals surface area contributed by atoms with Crippen LogP contribution >= 0.6 is 0 Å². The minimum atomic E-state index is -2.26. The third-order valence-corrected chi connectivity index (χ3v) is 7.60. The molecule has 3 heterocycles. The van der Waals surface area contributed by atoms with Gasteiger partial charge in [-0.1, -0.05) is 18.2 Å². The number of nitrogen functional groups attached to an aromatic ring is 1. The van der Waals surface area contributed by atoms with E-state index in [0.29, 0.717) is 33.6 Å². The summed E-state index contributed by atoms with van der Waals surface area (Å²) in [5.41, 5.74) is 7.64. The van der Waals surface area contributed by atoms with Crippen molar-refractivity contribution >= 4 is 39.1 Å². The molecule has 3 aromatic carbocycles. The van der Waals surface area contributed by atoms with Gasteiger partial charge in [-0.3, -0.25) is 9.35 Å². The summed E-state index contributed by atoms with van der Waals surface area (Å²) in [6.07, 6.45) is 1.27. The van der Waals surface area contributed by atoms with Crippen molar-refractivity contribution in [2.45, 2.75) is 19.5 Å². The van der Waals surface area contributed by atoms with Gasteiger partial charge in [0, 0.05) is 17.7 Å². The van der Waals surface area contributed by atoms with Crippen molar-refractivity contribution in [3.63, 3.8) is 0 Å². The molecule has 0 amide bonds. The Balaban J connectivity index is 1.59. The van der Waals surface area contributed by atoms with Crippen LogP contribution in [0.5, 0.6) is 5.75 Å². The van der Waals surface area contributed by atoms with E-state index < -0.39 is 34.4 Å². The molecule has 0 aliphatic carbocycles. The highest BCUT2D eigenvalue weighted by Crippen LogP contribution is 2.37. The highest BCUT2D eigenvalue weighted by molar-refractivity contribution is 7.77. The maximum atomic E-state index is 14.9. The van der Waals surface area contributed by atoms with Crippen LogP contribution in [0.25, 0.3) is 44.4 Å². The Labute approximate surface area is 250 Å². The minimum Gasteiger partial charge on any atom is -0.496 e. The van der Waals surface area contributed by atoms with Crippen LogP contribution in [-0.2, 0) is 17.8 Å². The Hall–Kier alpha value is -5.05. The zero-order valence-electron chi connectivity index (χ0n) is 23.2. The van der Waals surface area contributed by atoms with Gasteiger partial charge in [0.2, 0.25) is 16.7 Å². The molecule has 14 heteroatoms. The van der Waals surface area contributed by atoms with Gasteiger partial charge in [0.05, 0.1) is 18.1 Å². The van der Waals surface area contributed by atoms with Crippen LogP contribution in [0, 0.1) is 11.6 Å². The SMILES string of the molecule is COc1ccc(-c2nn(C(C)c3oc4cccc(F)c4c(=O)c3-c3cccc(F)c3)c3ncnc(N)c23)cc1CNS(=O)O. The number of halogens is 2. The standard InChI is InChI=1S/C30H24F2N6O5S/c1-15(28-23(16-5-3-6-19(31)12-16)27(39)24-20(32)7-4-8-22(24)43-28)38-30-25(29(33)34-14-35-30)26(37-38)17-9-10-21(42-2)18(11-17)13-36-44(40)41/h3-12,14-15,36H,13H2,1-2H3,(H,40,41)(H2,33,34,35). The minimum absolute atomic E-state index is 0.0106. The van der Waals surface area contributed by atoms with Gasteiger partial charge >= 0.3 is 0 Å². The highest BCUT2D eigenvalue weighted by Gasteiger charge is 2.28. The quantitative estimate of drug-likeness (QED) is 0.200. The molecule has 2 unspecified atom stereocenters. The van der Waals surface area contributed by atoms with E-state index in [1.165, 1.54) is 54.5 Å². The molecule has 4 N–H and O–H groups in total. The fourth-order valence-corrected chi connectivity index (χ4v) is 5.49. The molecule has 0 fully saturated rings. The molecule has 224 valence electrons. The molecule has 0 aliphatic rings. The van der Waals surface area contributed by atoms with Crippen LogP contribution < -0.4 is 20.6 Å². The van der Waals surface area contributed by atoms with E-state index in [0.717, 1.165) is 6.07 Å². The monoisotopic (exact) mass is 618 g/mol. The number of nitrogens with one attached hydrogen (secondary N) is 1. The highest BCUT2D eigenvalue weighted by atomic mass is 32.2. The molecule has 0 spiro atoms. The summed E-state index contributed by atoms with van der Waals surface area (Å²) in [5, 5.41) is 4.96. The number of benzene rings is 3. The summed E-state index contributed by atoms with van der Waals surface area (Å²) in [5.74, 6) is -0.663. The zero-order valence-corrected chi connectivity index (χ0v) is 24.1. The molecular weight excluding hydrogens is 594 g/mol. The van der Waals surface area contributed by atoms with E-state index in [1.807, 2.05) is 0 Å². The first-order chi connectivity index (χ1) is 21.2. The maximum absolute atomic E-state index is 14.9. The van der Waals surface area contributed by atoms with Crippen molar-refractivity contribution in [2.24, 2.45) is 0 Å². The largest absolute Gasteiger partial charge is 0.496 e. The third kappa shape index (κ3) is 5.08. The molecule has 3 aromatic heterocycles. The van der Waals surface area contributed by atoms with Crippen molar-refractivity contribution in [3.05, 3.63) is 100 Å². The summed E-state index contributed by atoms with van der Waals surface area (Å²) in [7, 11) is 1.48. The molecule has 0 bridgehead atoms. The maximum Gasteiger partial charge on any atom is 0.232 e. The second-order valence-electron chi connectivity index (χ2n) is 9.82. The lowest BCUT2D eigenvalue weighted by atomic mass is 9.99. The van der Waals surface area contributed by atoms with Gasteiger partial charge in [0.25, 0.3) is 0 Å². The van der Waals surface area contributed by atoms with Gasteiger partial charge in [-0.25, -0.2) is 32.4 Å². The normalized spacial score (nSPS) is 12.9. The number of ether oxygens (including phenoxy) is 1. The van der Waals surface area contributed by atoms with Crippen LogP contribution in [0.4, 0.5) is 14.6 Å². The molecule has 6 aromatic rings. The first kappa shape index (κ1) is 29.0. The molecule has 0 saturated heterocycles. The van der Waals surface area contributed by atoms with Gasteiger partial charge < -0.3 is 14.9 Å². The Bertz CT molecular complexity index is 2150. The van der Waals surface area contributed by atoms with Crippen molar-refractivity contribution in [1.82, 2.24) is 24.5 Å². The van der Waals surface area contributed by atoms with Crippen molar-refractivity contribution in [3.8, 4) is 28.1 Å². The number of nitrogens with zero attached hydrogens (tertiary/aromatic N) is 4. The predicted molar refractivity (Wildman–Crippen MR) is 161 cm³/mol. The number of fused-ring (bicyclic) bond motifs is 2. The Morgan fingerprint density at radius 2 is 1.89 bits per heavy atom. The number of aromatic nitrogens is 4. The summed E-state index contributed by atoms with van der Waals surface area (Å²) in [4.78, 5) is 22.4. The number of hydrogen-bond acceptors (Lipinski definition) is 8. The number of nitrogens with two attached hydrogens (primary N) is 1. The second kappa shape index (κ2) is 11.6. The second-order valence-corrected chi connectivity index (χ2v) is 10.6. The van der Waals surface area contributed by atoms with E-state index in [9.17, 15) is 22.3 Å². The Morgan fingerprint density at radius 1 is 1.09 bits per heavy atom. The summed E-state index contributed by atoms with van der Waals surface area (Å²) in [6.45, 7) is 1.72. The summed E-state index contributed by atoms with van der Waals surface area (Å²) in [6, 6.07) is 13.8. The average molecular weight is 619 g/mol. The fourth-order valence-electron chi connectivity index (χ4n) is 5.21. The van der Waals surface area contributed by atoms with Crippen LogP contribution in [0.2, 0.25) is 0 Å². The van der Waals surface area contributed by atoms with E-state index in [-0.39, 0.29) is 40.2 Å². The third-order valence-electron chi connectivity index (χ3n) is 7.21. The van der Waals surface area contributed by atoms with Gasteiger partial charge in [-0.2, -0.15) is 5.10 Å². The van der Waals surface area contributed by atoms with Crippen molar-refractivity contribution in [1.29, 1.82) is 0 Å². The number of rotatable bonds is 8.